The smallest absolute Gasteiger partial charge is 0.420 e. The molecule has 1 atom stereocenters. The van der Waals surface area contributed by atoms with Gasteiger partial charge in [0.2, 0.25) is 0 Å². The van der Waals surface area contributed by atoms with E-state index in [1.807, 2.05) is 18.2 Å². The number of aromatic nitrogens is 2. The molecule has 1 amide bonds. The number of carbonyl (C=O) groups is 1. The predicted octanol–water partition coefficient (Wildman–Crippen LogP) is 5.68. The Morgan fingerprint density at radius 2 is 1.83 bits per heavy atom. The number of imidazole rings is 1. The summed E-state index contributed by atoms with van der Waals surface area (Å²) >= 11 is 6.40. The van der Waals surface area contributed by atoms with Gasteiger partial charge in [0.1, 0.15) is 5.15 Å². The highest BCUT2D eigenvalue weighted by Gasteiger charge is 2.37. The van der Waals surface area contributed by atoms with Gasteiger partial charge in [0.25, 0.3) is 5.91 Å². The minimum Gasteiger partial charge on any atom is -0.472 e. The third kappa shape index (κ3) is 4.48. The lowest BCUT2D eigenvalue weighted by Crippen LogP contribution is -2.41. The van der Waals surface area contributed by atoms with Crippen molar-refractivity contribution >= 4 is 34.0 Å². The van der Waals surface area contributed by atoms with Crippen LogP contribution in [-0.4, -0.2) is 42.7 Å². The van der Waals surface area contributed by atoms with Crippen LogP contribution in [0, 0.1) is 0 Å². The number of fused-ring (bicyclic) bond motifs is 1. The number of furan rings is 1. The lowest BCUT2D eigenvalue weighted by molar-refractivity contribution is -0.136. The number of piperidine rings is 1. The molecule has 0 radical (unpaired) electrons. The number of likely N-dealkylation sites (tertiary alicyclic amines) is 1. The number of amides is 1. The van der Waals surface area contributed by atoms with Gasteiger partial charge in [0.05, 0.1) is 28.9 Å². The number of rotatable bonds is 4. The normalized spacial score (nSPS) is 16.1. The molecular weight excluding hydrogens is 503 g/mol. The van der Waals surface area contributed by atoms with Gasteiger partial charge >= 0.3 is 6.18 Å². The number of carbonyl (C=O) groups excluding carboxylic acids is 1. The van der Waals surface area contributed by atoms with Crippen LogP contribution in [0.2, 0.25) is 5.15 Å². The zero-order valence-corrected chi connectivity index (χ0v) is 19.7. The van der Waals surface area contributed by atoms with Crippen molar-refractivity contribution in [3.8, 4) is 11.1 Å². The molecule has 4 heterocycles. The molecule has 35 heavy (non-hydrogen) atoms. The summed E-state index contributed by atoms with van der Waals surface area (Å²) in [5.41, 5.74) is -1.04. The minimum absolute atomic E-state index is 0.118. The maximum Gasteiger partial charge on any atom is 0.420 e. The first-order valence-corrected chi connectivity index (χ1v) is 12.4. The summed E-state index contributed by atoms with van der Waals surface area (Å²) in [6, 6.07) is 11.6. The van der Waals surface area contributed by atoms with Gasteiger partial charge in [-0.25, -0.2) is 4.98 Å². The first kappa shape index (κ1) is 23.6. The van der Waals surface area contributed by atoms with Crippen LogP contribution in [0.3, 0.4) is 0 Å². The fourth-order valence-corrected chi connectivity index (χ4v) is 5.92. The number of halogens is 4. The maximum atomic E-state index is 13.9. The molecule has 1 saturated heterocycles. The lowest BCUT2D eigenvalue weighted by Gasteiger charge is -2.31. The van der Waals surface area contributed by atoms with E-state index in [-0.39, 0.29) is 21.7 Å². The Balaban J connectivity index is 1.43. The molecule has 1 unspecified atom stereocenters. The predicted molar refractivity (Wildman–Crippen MR) is 125 cm³/mol. The topological polar surface area (TPSA) is 67.8 Å². The monoisotopic (exact) mass is 521 g/mol. The van der Waals surface area contributed by atoms with Crippen LogP contribution in [0.15, 0.2) is 70.5 Å². The number of pyridine rings is 1. The van der Waals surface area contributed by atoms with E-state index in [1.54, 1.807) is 12.1 Å². The number of hydrogen-bond donors (Lipinski definition) is 0. The van der Waals surface area contributed by atoms with Crippen LogP contribution in [0.25, 0.3) is 16.8 Å². The Morgan fingerprint density at radius 3 is 2.46 bits per heavy atom. The molecule has 4 aromatic rings. The third-order valence-corrected chi connectivity index (χ3v) is 8.21. The number of alkyl halides is 3. The summed E-state index contributed by atoms with van der Waals surface area (Å²) in [5, 5.41) is -0.317. The molecule has 3 aromatic heterocycles. The second kappa shape index (κ2) is 9.16. The highest BCUT2D eigenvalue weighted by Crippen LogP contribution is 2.37. The molecule has 1 aromatic carbocycles. The second-order valence-corrected chi connectivity index (χ2v) is 10.3. The molecule has 6 nitrogen and oxygen atoms in total. The fourth-order valence-electron chi connectivity index (χ4n) is 4.22. The van der Waals surface area contributed by atoms with Crippen molar-refractivity contribution < 1.29 is 26.6 Å². The van der Waals surface area contributed by atoms with Crippen molar-refractivity contribution in [1.82, 2.24) is 14.3 Å². The molecule has 11 heteroatoms. The van der Waals surface area contributed by atoms with Gasteiger partial charge in [-0.2, -0.15) is 13.2 Å². The lowest BCUT2D eigenvalue weighted by atomic mass is 10.1. The van der Waals surface area contributed by atoms with Crippen molar-refractivity contribution in [2.45, 2.75) is 29.2 Å². The molecule has 0 N–H and O–H groups in total. The van der Waals surface area contributed by atoms with Gasteiger partial charge < -0.3 is 9.32 Å². The van der Waals surface area contributed by atoms with Crippen molar-refractivity contribution in [3.05, 3.63) is 77.6 Å². The first-order chi connectivity index (χ1) is 16.7. The Kier molecular flexibility index (Phi) is 6.18. The molecular formula is C24H19ClF3N3O3S. The second-order valence-electron chi connectivity index (χ2n) is 8.20. The standard InChI is InChI=1S/C24H19ClF3N3O3S/c25-21-20(23(32)30-9-6-18(7-10-30)35(33)17-4-2-1-3-5-17)29-22-19(24(26,27)28)12-16(13-31(21)22)15-8-11-34-14-15/h1-5,8,11-14,18H,6-7,9-10H2. The summed E-state index contributed by atoms with van der Waals surface area (Å²) in [7, 11) is -1.21. The quantitative estimate of drug-likeness (QED) is 0.346. The van der Waals surface area contributed by atoms with Crippen LogP contribution in [0.1, 0.15) is 28.9 Å². The SMILES string of the molecule is O=C(c1nc2c(C(F)(F)F)cc(-c3ccoc3)cn2c1Cl)N1CCC(S(=O)c2ccccc2)CC1. The summed E-state index contributed by atoms with van der Waals surface area (Å²) in [6.45, 7) is 0.608. The minimum atomic E-state index is -4.71. The zero-order chi connectivity index (χ0) is 24.7. The van der Waals surface area contributed by atoms with Crippen LogP contribution < -0.4 is 0 Å². The Labute approximate surface area is 205 Å². The Bertz CT molecular complexity index is 1400. The molecule has 0 bridgehead atoms. The molecule has 1 aliphatic heterocycles. The van der Waals surface area contributed by atoms with E-state index in [1.165, 1.54) is 29.7 Å². The first-order valence-electron chi connectivity index (χ1n) is 10.8. The van der Waals surface area contributed by atoms with Gasteiger partial charge in [0.15, 0.2) is 11.3 Å². The van der Waals surface area contributed by atoms with E-state index in [0.717, 1.165) is 15.4 Å². The molecule has 5 rings (SSSR count). The fraction of sp³-hybridized carbons (Fsp3) is 0.250. The average Bonchev–Trinajstić information content (AvgIpc) is 3.51. The van der Waals surface area contributed by atoms with E-state index in [0.29, 0.717) is 31.5 Å². The van der Waals surface area contributed by atoms with E-state index in [9.17, 15) is 22.2 Å². The van der Waals surface area contributed by atoms with Gasteiger partial charge in [-0.3, -0.25) is 13.4 Å². The van der Waals surface area contributed by atoms with Gasteiger partial charge in [-0.05, 0) is 37.1 Å². The third-order valence-electron chi connectivity index (χ3n) is 6.03. The van der Waals surface area contributed by atoms with E-state index in [2.05, 4.69) is 4.98 Å². The number of benzene rings is 1. The van der Waals surface area contributed by atoms with E-state index < -0.39 is 34.1 Å². The summed E-state index contributed by atoms with van der Waals surface area (Å²) in [5.74, 6) is -0.555. The van der Waals surface area contributed by atoms with Gasteiger partial charge in [0, 0.05) is 40.6 Å². The highest BCUT2D eigenvalue weighted by atomic mass is 35.5. The highest BCUT2D eigenvalue weighted by molar-refractivity contribution is 7.85. The maximum absolute atomic E-state index is 13.9. The molecule has 0 spiro atoms. The van der Waals surface area contributed by atoms with Gasteiger partial charge in [-0.1, -0.05) is 29.8 Å². The van der Waals surface area contributed by atoms with Crippen molar-refractivity contribution in [2.24, 2.45) is 0 Å². The van der Waals surface area contributed by atoms with E-state index >= 15 is 0 Å². The van der Waals surface area contributed by atoms with E-state index in [4.69, 9.17) is 16.0 Å². The van der Waals surface area contributed by atoms with Crippen molar-refractivity contribution in [2.75, 3.05) is 13.1 Å². The Hall–Kier alpha value is -3.11. The number of hydrogen-bond acceptors (Lipinski definition) is 4. The van der Waals surface area contributed by atoms with Crippen LogP contribution in [-0.2, 0) is 17.0 Å². The zero-order valence-electron chi connectivity index (χ0n) is 18.2. The summed E-state index contributed by atoms with van der Waals surface area (Å²) in [6.07, 6.45) is 0.355. The van der Waals surface area contributed by atoms with Gasteiger partial charge in [-0.15, -0.1) is 0 Å². The molecule has 0 aliphatic carbocycles. The van der Waals surface area contributed by atoms with Crippen LogP contribution in [0.4, 0.5) is 13.2 Å². The molecule has 1 aliphatic rings. The molecule has 0 saturated carbocycles. The summed E-state index contributed by atoms with van der Waals surface area (Å²) < 4.78 is 60.5. The van der Waals surface area contributed by atoms with Crippen molar-refractivity contribution in [1.29, 1.82) is 0 Å². The van der Waals surface area contributed by atoms with Crippen molar-refractivity contribution in [3.63, 3.8) is 0 Å². The Morgan fingerprint density at radius 1 is 1.11 bits per heavy atom. The molecule has 182 valence electrons. The molecule has 1 fully saturated rings. The van der Waals surface area contributed by atoms with Crippen LogP contribution >= 0.6 is 11.6 Å². The average molecular weight is 522 g/mol. The number of nitrogens with zero attached hydrogens (tertiary/aromatic N) is 3. The summed E-state index contributed by atoms with van der Waals surface area (Å²) in [4.78, 5) is 19.4. The van der Waals surface area contributed by atoms with Crippen LogP contribution in [0.5, 0.6) is 0 Å². The largest absolute Gasteiger partial charge is 0.472 e.